The summed E-state index contributed by atoms with van der Waals surface area (Å²) >= 11 is 5.96. The molecule has 27 heavy (non-hydrogen) atoms. The summed E-state index contributed by atoms with van der Waals surface area (Å²) in [6.45, 7) is 1.89. The van der Waals surface area contributed by atoms with Gasteiger partial charge in [-0.1, -0.05) is 59.6 Å². The maximum absolute atomic E-state index is 12.8. The largest absolute Gasteiger partial charge is 0.478 e. The minimum absolute atomic E-state index is 0.0660. The molecule has 2 aromatic rings. The van der Waals surface area contributed by atoms with Crippen LogP contribution >= 0.6 is 11.6 Å². The second-order valence-electron chi connectivity index (χ2n) is 6.68. The molecule has 1 N–H and O–H groups in total. The van der Waals surface area contributed by atoms with Gasteiger partial charge in [0.25, 0.3) is 0 Å². The van der Waals surface area contributed by atoms with E-state index >= 15 is 0 Å². The van der Waals surface area contributed by atoms with E-state index in [1.54, 1.807) is 42.5 Å². The number of carboxylic acids is 1. The Morgan fingerprint density at radius 1 is 1.15 bits per heavy atom. The van der Waals surface area contributed by atoms with Gasteiger partial charge in [-0.25, -0.2) is 13.2 Å². The minimum Gasteiger partial charge on any atom is -0.478 e. The van der Waals surface area contributed by atoms with E-state index in [9.17, 15) is 18.3 Å². The van der Waals surface area contributed by atoms with Crippen LogP contribution in [0, 0.1) is 6.92 Å². The van der Waals surface area contributed by atoms with Crippen LogP contribution in [-0.2, 0) is 14.8 Å². The van der Waals surface area contributed by atoms with Gasteiger partial charge in [-0.05, 0) is 36.6 Å². The molecule has 2 aromatic carbocycles. The highest BCUT2D eigenvalue weighted by Crippen LogP contribution is 2.44. The molecule has 0 amide bonds. The topological polar surface area (TPSA) is 74.7 Å². The van der Waals surface area contributed by atoms with Gasteiger partial charge in [0.2, 0.25) is 10.0 Å². The smallest absolute Gasteiger partial charge is 0.333 e. The maximum Gasteiger partial charge on any atom is 0.333 e. The Kier molecular flexibility index (Phi) is 5.42. The van der Waals surface area contributed by atoms with Crippen molar-refractivity contribution in [3.05, 3.63) is 81.9 Å². The van der Waals surface area contributed by atoms with Gasteiger partial charge in [0.1, 0.15) is 0 Å². The van der Waals surface area contributed by atoms with Crippen LogP contribution in [0.1, 0.15) is 35.2 Å². The first-order valence-corrected chi connectivity index (χ1v) is 10.6. The Balaban J connectivity index is 2.21. The summed E-state index contributed by atoms with van der Waals surface area (Å²) in [5.74, 6) is -1.12. The number of aliphatic carboxylic acids is 1. The van der Waals surface area contributed by atoms with Crippen LogP contribution in [0.3, 0.4) is 0 Å². The molecule has 0 fully saturated rings. The summed E-state index contributed by atoms with van der Waals surface area (Å²) in [5.41, 5.74) is 2.39. The number of nitrogens with zero attached hydrogens (tertiary/aromatic N) is 1. The predicted molar refractivity (Wildman–Crippen MR) is 105 cm³/mol. The first-order chi connectivity index (χ1) is 12.7. The molecule has 0 bridgehead atoms. The lowest BCUT2D eigenvalue weighted by atomic mass is 9.89. The van der Waals surface area contributed by atoms with Crippen LogP contribution in [0.15, 0.2) is 60.2 Å². The third kappa shape index (κ3) is 4.08. The molecule has 3 rings (SSSR count). The SMILES string of the molecule is Cc1cccc([C@H]2C(C(=O)O)=CC[C@@H](c3ccc(Cl)cc3)N2S(C)(=O)=O)c1. The van der Waals surface area contributed by atoms with E-state index in [4.69, 9.17) is 11.6 Å². The number of rotatable bonds is 4. The Morgan fingerprint density at radius 2 is 1.81 bits per heavy atom. The Hall–Kier alpha value is -2.15. The van der Waals surface area contributed by atoms with Gasteiger partial charge < -0.3 is 5.11 Å². The molecular weight excluding hydrogens is 386 g/mol. The van der Waals surface area contributed by atoms with Crippen molar-refractivity contribution in [1.82, 2.24) is 4.31 Å². The van der Waals surface area contributed by atoms with E-state index in [0.29, 0.717) is 10.6 Å². The van der Waals surface area contributed by atoms with Crippen LogP contribution in [-0.4, -0.2) is 30.1 Å². The lowest BCUT2D eigenvalue weighted by Gasteiger charge is -2.40. The van der Waals surface area contributed by atoms with Crippen LogP contribution in [0.25, 0.3) is 0 Å². The molecule has 0 spiro atoms. The molecule has 1 aliphatic heterocycles. The van der Waals surface area contributed by atoms with Gasteiger partial charge in [-0.2, -0.15) is 4.31 Å². The van der Waals surface area contributed by atoms with E-state index in [1.807, 2.05) is 19.1 Å². The van der Waals surface area contributed by atoms with Gasteiger partial charge in [-0.3, -0.25) is 0 Å². The second kappa shape index (κ2) is 7.46. The number of benzene rings is 2. The molecular formula is C20H20ClNO4S. The third-order valence-electron chi connectivity index (χ3n) is 4.66. The van der Waals surface area contributed by atoms with Crippen molar-refractivity contribution in [2.45, 2.75) is 25.4 Å². The van der Waals surface area contributed by atoms with Gasteiger partial charge in [0, 0.05) is 5.02 Å². The number of hydrogen-bond donors (Lipinski definition) is 1. The highest BCUT2D eigenvalue weighted by Gasteiger charge is 2.42. The highest BCUT2D eigenvalue weighted by atomic mass is 35.5. The average molecular weight is 406 g/mol. The molecule has 0 radical (unpaired) electrons. The lowest BCUT2D eigenvalue weighted by Crippen LogP contribution is -2.41. The van der Waals surface area contributed by atoms with Crippen molar-refractivity contribution < 1.29 is 18.3 Å². The van der Waals surface area contributed by atoms with Crippen molar-refractivity contribution in [2.24, 2.45) is 0 Å². The van der Waals surface area contributed by atoms with Crippen molar-refractivity contribution in [1.29, 1.82) is 0 Å². The molecule has 0 saturated heterocycles. The highest BCUT2D eigenvalue weighted by molar-refractivity contribution is 7.88. The zero-order valence-electron chi connectivity index (χ0n) is 15.0. The molecule has 2 atom stereocenters. The Morgan fingerprint density at radius 3 is 2.37 bits per heavy atom. The van der Waals surface area contributed by atoms with E-state index in [-0.39, 0.29) is 12.0 Å². The number of halogens is 1. The quantitative estimate of drug-likeness (QED) is 0.830. The maximum atomic E-state index is 12.8. The Labute approximate surface area is 163 Å². The fourth-order valence-electron chi connectivity index (χ4n) is 3.53. The number of carboxylic acid groups (broad SMARTS) is 1. The van der Waals surface area contributed by atoms with Crippen molar-refractivity contribution in [3.63, 3.8) is 0 Å². The normalized spacial score (nSPS) is 20.9. The van der Waals surface area contributed by atoms with Crippen molar-refractivity contribution in [2.75, 3.05) is 6.26 Å². The van der Waals surface area contributed by atoms with E-state index < -0.39 is 28.1 Å². The van der Waals surface area contributed by atoms with Crippen LogP contribution in [0.5, 0.6) is 0 Å². The van der Waals surface area contributed by atoms with Crippen molar-refractivity contribution in [3.8, 4) is 0 Å². The first kappa shape index (κ1) is 19.6. The van der Waals surface area contributed by atoms with Crippen molar-refractivity contribution >= 4 is 27.6 Å². The molecule has 5 nitrogen and oxygen atoms in total. The monoisotopic (exact) mass is 405 g/mol. The molecule has 0 unspecified atom stereocenters. The summed E-state index contributed by atoms with van der Waals surface area (Å²) < 4.78 is 26.8. The van der Waals surface area contributed by atoms with Crippen LogP contribution in [0.4, 0.5) is 0 Å². The summed E-state index contributed by atoms with van der Waals surface area (Å²) in [6, 6.07) is 12.8. The third-order valence-corrected chi connectivity index (χ3v) is 6.14. The summed E-state index contributed by atoms with van der Waals surface area (Å²) in [4.78, 5) is 11.9. The van der Waals surface area contributed by atoms with Gasteiger partial charge >= 0.3 is 5.97 Å². The minimum atomic E-state index is -3.71. The second-order valence-corrected chi connectivity index (χ2v) is 9.00. The fourth-order valence-corrected chi connectivity index (χ4v) is 4.95. The van der Waals surface area contributed by atoms with Gasteiger partial charge in [0.15, 0.2) is 0 Å². The summed E-state index contributed by atoms with van der Waals surface area (Å²) in [6.07, 6.45) is 3.01. The molecule has 7 heteroatoms. The molecule has 0 aromatic heterocycles. The van der Waals surface area contributed by atoms with Crippen LogP contribution < -0.4 is 0 Å². The molecule has 0 aliphatic carbocycles. The van der Waals surface area contributed by atoms with Crippen LogP contribution in [0.2, 0.25) is 5.02 Å². The molecule has 0 saturated carbocycles. The number of aryl methyl sites for hydroxylation is 1. The van der Waals surface area contributed by atoms with Gasteiger partial charge in [-0.15, -0.1) is 0 Å². The predicted octanol–water partition coefficient (Wildman–Crippen LogP) is 4.11. The summed E-state index contributed by atoms with van der Waals surface area (Å²) in [7, 11) is -3.71. The standard InChI is InChI=1S/C20H20ClNO4S/c1-13-4-3-5-15(12-13)19-17(20(23)24)10-11-18(22(19)27(2,25)26)14-6-8-16(21)9-7-14/h3-10,12,18-19H,11H2,1-2H3,(H,23,24)/t18-,19-/m0/s1. The summed E-state index contributed by atoms with van der Waals surface area (Å²) in [5, 5.41) is 10.3. The lowest BCUT2D eigenvalue weighted by molar-refractivity contribution is -0.133. The number of sulfonamides is 1. The zero-order chi connectivity index (χ0) is 19.8. The molecule has 1 aliphatic rings. The number of carbonyl (C=O) groups is 1. The number of hydrogen-bond acceptors (Lipinski definition) is 3. The van der Waals surface area contributed by atoms with E-state index in [2.05, 4.69) is 0 Å². The average Bonchev–Trinajstić information content (AvgIpc) is 2.60. The van der Waals surface area contributed by atoms with E-state index in [1.165, 1.54) is 4.31 Å². The zero-order valence-corrected chi connectivity index (χ0v) is 16.5. The molecule has 1 heterocycles. The first-order valence-electron chi connectivity index (χ1n) is 8.42. The van der Waals surface area contributed by atoms with Gasteiger partial charge in [0.05, 0.1) is 23.9 Å². The fraction of sp³-hybridized carbons (Fsp3) is 0.250. The van der Waals surface area contributed by atoms with E-state index in [0.717, 1.165) is 17.4 Å². The Bertz CT molecular complexity index is 999. The molecule has 142 valence electrons.